The summed E-state index contributed by atoms with van der Waals surface area (Å²) in [6.45, 7) is 0. The maximum Gasteiger partial charge on any atom is 0.316 e. The number of nitrogens with zero attached hydrogens (tertiary/aromatic N) is 1. The van der Waals surface area contributed by atoms with Gasteiger partial charge in [-0.3, -0.25) is 10.1 Å². The first kappa shape index (κ1) is 11.5. The highest BCUT2D eigenvalue weighted by atomic mass is 35.5. The number of carbonyl (C=O) groups is 1. The first-order valence-corrected chi connectivity index (χ1v) is 4.37. The Bertz CT molecular complexity index is 436. The summed E-state index contributed by atoms with van der Waals surface area (Å²) < 4.78 is 0. The van der Waals surface area contributed by atoms with Gasteiger partial charge in [0.25, 0.3) is 5.69 Å². The van der Waals surface area contributed by atoms with Crippen LogP contribution < -0.4 is 11.1 Å². The monoisotopic (exact) mass is 249 g/mol. The van der Waals surface area contributed by atoms with Crippen LogP contribution >= 0.6 is 23.2 Å². The standard InChI is InChI=1S/C7H5Cl2N3O3/c8-3-1-4(9)6(11-7(10)13)5(2-3)12(14)15/h1-2H,(H3,10,11,13). The van der Waals surface area contributed by atoms with Gasteiger partial charge < -0.3 is 11.1 Å². The smallest absolute Gasteiger partial charge is 0.316 e. The van der Waals surface area contributed by atoms with E-state index >= 15 is 0 Å². The molecule has 80 valence electrons. The number of nitro benzene ring substituents is 1. The van der Waals surface area contributed by atoms with Crippen molar-refractivity contribution < 1.29 is 9.72 Å². The predicted molar refractivity (Wildman–Crippen MR) is 56.3 cm³/mol. The first-order valence-electron chi connectivity index (χ1n) is 3.61. The van der Waals surface area contributed by atoms with Gasteiger partial charge in [0.15, 0.2) is 0 Å². The van der Waals surface area contributed by atoms with Gasteiger partial charge in [-0.05, 0) is 6.07 Å². The molecule has 0 aromatic heterocycles. The Morgan fingerprint density at radius 1 is 1.47 bits per heavy atom. The summed E-state index contributed by atoms with van der Waals surface area (Å²) >= 11 is 11.2. The molecule has 0 saturated carbocycles. The van der Waals surface area contributed by atoms with Crippen LogP contribution in [0.4, 0.5) is 16.2 Å². The highest BCUT2D eigenvalue weighted by molar-refractivity contribution is 6.37. The summed E-state index contributed by atoms with van der Waals surface area (Å²) in [5, 5.41) is 12.7. The van der Waals surface area contributed by atoms with Crippen molar-refractivity contribution in [1.82, 2.24) is 0 Å². The lowest BCUT2D eigenvalue weighted by Gasteiger charge is -2.05. The zero-order valence-corrected chi connectivity index (χ0v) is 8.67. The molecule has 2 amide bonds. The third-order valence-electron chi connectivity index (χ3n) is 1.48. The van der Waals surface area contributed by atoms with E-state index in [9.17, 15) is 14.9 Å². The second kappa shape index (κ2) is 4.33. The molecule has 1 rings (SSSR count). The molecule has 1 aromatic rings. The van der Waals surface area contributed by atoms with Crippen LogP contribution in [0.25, 0.3) is 0 Å². The maximum absolute atomic E-state index is 10.6. The molecule has 15 heavy (non-hydrogen) atoms. The van der Waals surface area contributed by atoms with Crippen LogP contribution in [0.3, 0.4) is 0 Å². The molecule has 0 atom stereocenters. The van der Waals surface area contributed by atoms with Gasteiger partial charge in [-0.25, -0.2) is 4.79 Å². The molecule has 0 spiro atoms. The lowest BCUT2D eigenvalue weighted by Crippen LogP contribution is -2.20. The van der Waals surface area contributed by atoms with Crippen molar-refractivity contribution in [2.75, 3.05) is 5.32 Å². The zero-order valence-electron chi connectivity index (χ0n) is 7.16. The number of amides is 2. The minimum Gasteiger partial charge on any atom is -0.351 e. The Hall–Kier alpha value is -1.53. The van der Waals surface area contributed by atoms with Crippen molar-refractivity contribution in [3.63, 3.8) is 0 Å². The molecule has 8 heteroatoms. The van der Waals surface area contributed by atoms with Gasteiger partial charge in [-0.15, -0.1) is 0 Å². The molecule has 0 bridgehead atoms. The van der Waals surface area contributed by atoms with Crippen LogP contribution in [0.15, 0.2) is 12.1 Å². The second-order valence-electron chi connectivity index (χ2n) is 2.53. The summed E-state index contributed by atoms with van der Waals surface area (Å²) in [4.78, 5) is 20.5. The van der Waals surface area contributed by atoms with Crippen molar-refractivity contribution in [1.29, 1.82) is 0 Å². The van der Waals surface area contributed by atoms with E-state index in [4.69, 9.17) is 28.9 Å². The van der Waals surface area contributed by atoms with Crippen molar-refractivity contribution in [2.24, 2.45) is 5.73 Å². The number of benzene rings is 1. The van der Waals surface area contributed by atoms with Gasteiger partial charge in [0.1, 0.15) is 5.69 Å². The Kier molecular flexibility index (Phi) is 3.33. The van der Waals surface area contributed by atoms with E-state index in [0.717, 1.165) is 6.07 Å². The summed E-state index contributed by atoms with van der Waals surface area (Å²) in [5.41, 5.74) is 4.26. The lowest BCUT2D eigenvalue weighted by atomic mass is 10.2. The van der Waals surface area contributed by atoms with Crippen LogP contribution in [-0.4, -0.2) is 11.0 Å². The van der Waals surface area contributed by atoms with Gasteiger partial charge in [0.2, 0.25) is 0 Å². The van der Waals surface area contributed by atoms with E-state index in [1.807, 2.05) is 0 Å². The maximum atomic E-state index is 10.6. The predicted octanol–water partition coefficient (Wildman–Crippen LogP) is 2.39. The fraction of sp³-hybridized carbons (Fsp3) is 0. The van der Waals surface area contributed by atoms with E-state index in [2.05, 4.69) is 5.32 Å². The zero-order chi connectivity index (χ0) is 11.6. The van der Waals surface area contributed by atoms with Crippen LogP contribution in [0.2, 0.25) is 10.0 Å². The number of nitrogens with two attached hydrogens (primary N) is 1. The number of hydrogen-bond donors (Lipinski definition) is 2. The second-order valence-corrected chi connectivity index (χ2v) is 3.37. The fourth-order valence-electron chi connectivity index (χ4n) is 0.951. The Balaban J connectivity index is 3.33. The van der Waals surface area contributed by atoms with E-state index in [0.29, 0.717) is 0 Å². The normalized spacial score (nSPS) is 9.73. The molecule has 1 aromatic carbocycles. The molecule has 0 fully saturated rings. The Morgan fingerprint density at radius 3 is 2.53 bits per heavy atom. The summed E-state index contributed by atoms with van der Waals surface area (Å²) in [5.74, 6) is 0. The lowest BCUT2D eigenvalue weighted by molar-refractivity contribution is -0.383. The number of hydrogen-bond acceptors (Lipinski definition) is 3. The molecule has 0 aliphatic heterocycles. The number of primary amides is 1. The Labute approximate surface area is 94.1 Å². The molecule has 0 heterocycles. The van der Waals surface area contributed by atoms with Crippen LogP contribution in [0.1, 0.15) is 0 Å². The van der Waals surface area contributed by atoms with Crippen LogP contribution in [0, 0.1) is 10.1 Å². The highest BCUT2D eigenvalue weighted by Gasteiger charge is 2.19. The van der Waals surface area contributed by atoms with Crippen molar-refractivity contribution in [3.05, 3.63) is 32.3 Å². The van der Waals surface area contributed by atoms with Gasteiger partial charge in [-0.1, -0.05) is 23.2 Å². The molecule has 0 aliphatic carbocycles. The van der Waals surface area contributed by atoms with E-state index in [-0.39, 0.29) is 15.7 Å². The summed E-state index contributed by atoms with van der Waals surface area (Å²) in [7, 11) is 0. The third kappa shape index (κ3) is 2.71. The molecule has 0 radical (unpaired) electrons. The van der Waals surface area contributed by atoms with Crippen molar-refractivity contribution >= 4 is 40.6 Å². The Morgan fingerprint density at radius 2 is 2.07 bits per heavy atom. The quantitative estimate of drug-likeness (QED) is 0.622. The minimum absolute atomic E-state index is 0.0481. The number of nitro groups is 1. The SMILES string of the molecule is NC(=O)Nc1c(Cl)cc(Cl)cc1[N+](=O)[O-]. The van der Waals surface area contributed by atoms with Crippen molar-refractivity contribution in [2.45, 2.75) is 0 Å². The van der Waals surface area contributed by atoms with Gasteiger partial charge in [0, 0.05) is 11.1 Å². The first-order chi connectivity index (χ1) is 6.91. The molecular formula is C7H5Cl2N3O3. The third-order valence-corrected chi connectivity index (χ3v) is 2.00. The number of carbonyl (C=O) groups excluding carboxylic acids is 1. The largest absolute Gasteiger partial charge is 0.351 e. The molecule has 6 nitrogen and oxygen atoms in total. The molecule has 3 N–H and O–H groups in total. The minimum atomic E-state index is -0.942. The fourth-order valence-corrected chi connectivity index (χ4v) is 1.48. The number of halogens is 2. The summed E-state index contributed by atoms with van der Waals surface area (Å²) in [6.07, 6.45) is 0. The average molecular weight is 250 g/mol. The molecule has 0 saturated heterocycles. The number of nitrogens with one attached hydrogen (secondary N) is 1. The number of urea groups is 1. The van der Waals surface area contributed by atoms with E-state index < -0.39 is 16.6 Å². The summed E-state index contributed by atoms with van der Waals surface area (Å²) in [6, 6.07) is 1.39. The topological polar surface area (TPSA) is 98.3 Å². The van der Waals surface area contributed by atoms with Crippen LogP contribution in [-0.2, 0) is 0 Å². The van der Waals surface area contributed by atoms with Gasteiger partial charge in [-0.2, -0.15) is 0 Å². The molecular weight excluding hydrogens is 245 g/mol. The highest BCUT2D eigenvalue weighted by Crippen LogP contribution is 2.35. The van der Waals surface area contributed by atoms with Gasteiger partial charge >= 0.3 is 6.03 Å². The van der Waals surface area contributed by atoms with Gasteiger partial charge in [0.05, 0.1) is 9.95 Å². The van der Waals surface area contributed by atoms with E-state index in [1.165, 1.54) is 6.07 Å². The van der Waals surface area contributed by atoms with Crippen molar-refractivity contribution in [3.8, 4) is 0 Å². The molecule has 0 aliphatic rings. The number of anilines is 1. The average Bonchev–Trinajstić information content (AvgIpc) is 2.08. The number of rotatable bonds is 2. The van der Waals surface area contributed by atoms with Crippen LogP contribution in [0.5, 0.6) is 0 Å². The molecule has 0 unspecified atom stereocenters. The van der Waals surface area contributed by atoms with E-state index in [1.54, 1.807) is 0 Å².